The lowest BCUT2D eigenvalue weighted by atomic mass is 10.0. The Labute approximate surface area is 251 Å². The number of hydrogen-bond donors (Lipinski definition) is 4. The summed E-state index contributed by atoms with van der Waals surface area (Å²) in [6.45, 7) is 2.02. The molecule has 0 aliphatic carbocycles. The first-order valence-electron chi connectivity index (χ1n) is 15.0. The molecule has 5 rings (SSSR count). The summed E-state index contributed by atoms with van der Waals surface area (Å²) >= 11 is 0. The third-order valence-electron chi connectivity index (χ3n) is 7.74. The molecule has 2 amide bonds. The van der Waals surface area contributed by atoms with Crippen molar-refractivity contribution in [2.24, 2.45) is 0 Å². The molecule has 7 nitrogen and oxygen atoms in total. The number of aromatic amines is 2. The van der Waals surface area contributed by atoms with Gasteiger partial charge >= 0.3 is 0 Å². The van der Waals surface area contributed by atoms with Crippen LogP contribution in [0.3, 0.4) is 0 Å². The lowest BCUT2D eigenvalue weighted by Crippen LogP contribution is -2.46. The number of aromatic nitrogens is 2. The molecule has 7 heteroatoms. The number of carbonyl (C=O) groups excluding carboxylic acids is 3. The molecular weight excluding hydrogens is 536 g/mol. The number of hydrogen-bond acceptors (Lipinski definition) is 3. The van der Waals surface area contributed by atoms with Gasteiger partial charge in [-0.1, -0.05) is 79.6 Å². The number of carbonyl (C=O) groups is 3. The monoisotopic (exact) mass is 574 g/mol. The lowest BCUT2D eigenvalue weighted by molar-refractivity contribution is -0.127. The molecule has 0 radical (unpaired) electrons. The van der Waals surface area contributed by atoms with Gasteiger partial charge in [-0.15, -0.1) is 0 Å². The van der Waals surface area contributed by atoms with Crippen LogP contribution in [0.15, 0.2) is 91.1 Å². The largest absolute Gasteiger partial charge is 0.361 e. The highest BCUT2D eigenvalue weighted by Gasteiger charge is 2.20. The second-order valence-corrected chi connectivity index (χ2v) is 10.9. The van der Waals surface area contributed by atoms with Crippen molar-refractivity contribution in [3.8, 4) is 11.3 Å². The highest BCUT2D eigenvalue weighted by molar-refractivity contribution is 5.98. The fourth-order valence-electron chi connectivity index (χ4n) is 5.53. The summed E-state index contributed by atoms with van der Waals surface area (Å²) in [5, 5.41) is 8.15. The molecule has 0 fully saturated rings. The SMILES string of the molecule is CC(=O)CCCCC[C@H](NC(=O)C=Cc1c[nH]c2ccccc12)C(=O)NCCc1c(-c2ccccc2)[nH]c2ccccc12. The average molecular weight is 575 g/mol. The molecule has 0 saturated heterocycles. The van der Waals surface area contributed by atoms with E-state index in [1.807, 2.05) is 60.8 Å². The van der Waals surface area contributed by atoms with Crippen LogP contribution in [0, 0.1) is 0 Å². The van der Waals surface area contributed by atoms with Crippen molar-refractivity contribution >= 4 is 45.5 Å². The van der Waals surface area contributed by atoms with E-state index < -0.39 is 6.04 Å². The van der Waals surface area contributed by atoms with Crippen molar-refractivity contribution in [2.75, 3.05) is 6.54 Å². The van der Waals surface area contributed by atoms with Crippen molar-refractivity contribution in [1.29, 1.82) is 0 Å². The number of para-hydroxylation sites is 2. The van der Waals surface area contributed by atoms with E-state index in [4.69, 9.17) is 0 Å². The van der Waals surface area contributed by atoms with E-state index in [1.54, 1.807) is 13.0 Å². The van der Waals surface area contributed by atoms with Crippen LogP contribution in [0.5, 0.6) is 0 Å². The van der Waals surface area contributed by atoms with E-state index in [1.165, 1.54) is 6.08 Å². The Hall–Kier alpha value is -4.91. The lowest BCUT2D eigenvalue weighted by Gasteiger charge is -2.18. The highest BCUT2D eigenvalue weighted by atomic mass is 16.2. The number of nitrogens with one attached hydrogen (secondary N) is 4. The van der Waals surface area contributed by atoms with Gasteiger partial charge in [-0.3, -0.25) is 9.59 Å². The normalized spacial score (nSPS) is 12.1. The molecule has 43 heavy (non-hydrogen) atoms. The molecule has 0 unspecified atom stereocenters. The molecule has 1 atom stereocenters. The molecule has 2 aromatic heterocycles. The first-order chi connectivity index (χ1) is 21.0. The van der Waals surface area contributed by atoms with Gasteiger partial charge in [-0.05, 0) is 61.1 Å². The molecule has 0 aliphatic rings. The number of Topliss-reactive ketones (excluding diaryl/α,β-unsaturated/α-hetero) is 1. The van der Waals surface area contributed by atoms with Gasteiger partial charge in [-0.2, -0.15) is 0 Å². The Bertz CT molecular complexity index is 1730. The molecule has 0 aliphatic heterocycles. The Morgan fingerprint density at radius 2 is 1.56 bits per heavy atom. The fourth-order valence-corrected chi connectivity index (χ4v) is 5.53. The molecule has 220 valence electrons. The molecule has 2 heterocycles. The van der Waals surface area contributed by atoms with Crippen LogP contribution < -0.4 is 10.6 Å². The van der Waals surface area contributed by atoms with Crippen LogP contribution in [-0.4, -0.2) is 40.2 Å². The summed E-state index contributed by atoms with van der Waals surface area (Å²) < 4.78 is 0. The highest BCUT2D eigenvalue weighted by Crippen LogP contribution is 2.30. The number of H-pyrrole nitrogens is 2. The standard InChI is InChI=1S/C36H38N4O3/c1-25(41)12-4-2-7-19-33(39-34(42)21-20-27-24-38-31-17-10-8-15-28(27)31)36(43)37-23-22-30-29-16-9-11-18-32(29)40-35(30)26-13-5-3-6-14-26/h3,5-6,8-11,13-18,20-21,24,33,38,40H,2,4,7,12,19,22-23H2,1H3,(H,37,43)(H,39,42)/t33-/m0/s1. The summed E-state index contributed by atoms with van der Waals surface area (Å²) in [4.78, 5) is 44.4. The number of benzene rings is 3. The minimum Gasteiger partial charge on any atom is -0.361 e. The molecule has 3 aromatic carbocycles. The summed E-state index contributed by atoms with van der Waals surface area (Å²) in [5.74, 6) is -0.365. The number of unbranched alkanes of at least 4 members (excludes halogenated alkanes) is 2. The maximum atomic E-state index is 13.4. The second kappa shape index (κ2) is 14.3. The number of rotatable bonds is 14. The molecule has 5 aromatic rings. The third-order valence-corrected chi connectivity index (χ3v) is 7.74. The van der Waals surface area contributed by atoms with Gasteiger partial charge in [0.2, 0.25) is 11.8 Å². The smallest absolute Gasteiger partial charge is 0.244 e. The number of fused-ring (bicyclic) bond motifs is 2. The molecule has 0 spiro atoms. The van der Waals surface area contributed by atoms with Gasteiger partial charge in [0, 0.05) is 52.7 Å². The van der Waals surface area contributed by atoms with E-state index in [0.29, 0.717) is 25.8 Å². The quantitative estimate of drug-likeness (QED) is 0.0874. The maximum Gasteiger partial charge on any atom is 0.244 e. The van der Waals surface area contributed by atoms with Crippen LogP contribution in [0.4, 0.5) is 0 Å². The van der Waals surface area contributed by atoms with E-state index in [0.717, 1.165) is 63.5 Å². The predicted molar refractivity (Wildman–Crippen MR) is 173 cm³/mol. The minimum absolute atomic E-state index is 0.164. The Morgan fingerprint density at radius 3 is 2.35 bits per heavy atom. The van der Waals surface area contributed by atoms with Crippen molar-refractivity contribution in [3.05, 3.63) is 102 Å². The summed E-state index contributed by atoms with van der Waals surface area (Å²) in [5.41, 5.74) is 6.25. The van der Waals surface area contributed by atoms with Gasteiger partial charge in [0.1, 0.15) is 11.8 Å². The minimum atomic E-state index is -0.672. The zero-order valence-electron chi connectivity index (χ0n) is 24.5. The van der Waals surface area contributed by atoms with E-state index >= 15 is 0 Å². The van der Waals surface area contributed by atoms with Gasteiger partial charge in [-0.25, -0.2) is 0 Å². The number of amides is 2. The molecule has 0 saturated carbocycles. The topological polar surface area (TPSA) is 107 Å². The first kappa shape index (κ1) is 29.6. The Balaban J connectivity index is 1.25. The third kappa shape index (κ3) is 7.68. The van der Waals surface area contributed by atoms with Gasteiger partial charge in [0.15, 0.2) is 0 Å². The zero-order chi connectivity index (χ0) is 30.0. The van der Waals surface area contributed by atoms with Crippen LogP contribution in [-0.2, 0) is 20.8 Å². The van der Waals surface area contributed by atoms with Gasteiger partial charge in [0.25, 0.3) is 0 Å². The summed E-state index contributed by atoms with van der Waals surface area (Å²) in [6, 6.07) is 25.6. The summed E-state index contributed by atoms with van der Waals surface area (Å²) in [7, 11) is 0. The maximum absolute atomic E-state index is 13.4. The van der Waals surface area contributed by atoms with E-state index in [-0.39, 0.29) is 17.6 Å². The van der Waals surface area contributed by atoms with Crippen molar-refractivity contribution in [2.45, 2.75) is 51.5 Å². The van der Waals surface area contributed by atoms with Crippen LogP contribution >= 0.6 is 0 Å². The fraction of sp³-hybridized carbons (Fsp3) is 0.250. The van der Waals surface area contributed by atoms with Crippen molar-refractivity contribution in [1.82, 2.24) is 20.6 Å². The van der Waals surface area contributed by atoms with Crippen LogP contribution in [0.25, 0.3) is 39.1 Å². The molecular formula is C36H38N4O3. The van der Waals surface area contributed by atoms with E-state index in [9.17, 15) is 14.4 Å². The van der Waals surface area contributed by atoms with Crippen molar-refractivity contribution < 1.29 is 14.4 Å². The molecule has 0 bridgehead atoms. The zero-order valence-corrected chi connectivity index (χ0v) is 24.5. The van der Waals surface area contributed by atoms with Gasteiger partial charge in [0.05, 0.1) is 0 Å². The molecule has 4 N–H and O–H groups in total. The first-order valence-corrected chi connectivity index (χ1v) is 15.0. The number of ketones is 1. The Kier molecular flexibility index (Phi) is 9.85. The van der Waals surface area contributed by atoms with Crippen molar-refractivity contribution in [3.63, 3.8) is 0 Å². The van der Waals surface area contributed by atoms with Crippen LogP contribution in [0.2, 0.25) is 0 Å². The van der Waals surface area contributed by atoms with E-state index in [2.05, 4.69) is 44.9 Å². The Morgan fingerprint density at radius 1 is 0.837 bits per heavy atom. The van der Waals surface area contributed by atoms with Gasteiger partial charge < -0.3 is 25.4 Å². The second-order valence-electron chi connectivity index (χ2n) is 10.9. The summed E-state index contributed by atoms with van der Waals surface area (Å²) in [6.07, 6.45) is 9.10. The predicted octanol–water partition coefficient (Wildman–Crippen LogP) is 6.71. The average Bonchev–Trinajstić information content (AvgIpc) is 3.61. The van der Waals surface area contributed by atoms with Crippen LogP contribution in [0.1, 0.15) is 50.2 Å².